The van der Waals surface area contributed by atoms with Crippen molar-refractivity contribution in [3.8, 4) is 0 Å². The molecule has 1 unspecified atom stereocenters. The summed E-state index contributed by atoms with van der Waals surface area (Å²) in [6.45, 7) is 0. The Morgan fingerprint density at radius 3 is 2.39 bits per heavy atom. The number of carbonyl (C=O) groups excluding carboxylic acids is 4. The Labute approximate surface area is 126 Å². The summed E-state index contributed by atoms with van der Waals surface area (Å²) in [5, 5.41) is 0. The molecule has 0 aromatic rings. The van der Waals surface area contributed by atoms with E-state index in [4.69, 9.17) is 0 Å². The van der Waals surface area contributed by atoms with Crippen LogP contribution in [0.2, 0.25) is 0 Å². The fourth-order valence-corrected chi connectivity index (χ4v) is 2.00. The third-order valence-electron chi connectivity index (χ3n) is 3.19. The minimum absolute atomic E-state index is 0.116. The van der Waals surface area contributed by atoms with Gasteiger partial charge in [-0.15, -0.1) is 0 Å². The summed E-state index contributed by atoms with van der Waals surface area (Å²) in [6, 6.07) is -0.720. The summed E-state index contributed by atoms with van der Waals surface area (Å²) in [5.74, 6) is -5.52. The molecule has 0 bridgehead atoms. The maximum Gasteiger partial charge on any atom is 0.474 e. The SMILES string of the molecule is CN1C(=O)C2C(=O)C=C(NNC(=O)C(F)(F)F)[NH+]=C2N(C)C1=O. The fourth-order valence-electron chi connectivity index (χ4n) is 2.00. The zero-order valence-corrected chi connectivity index (χ0v) is 11.8. The molecule has 1 atom stereocenters. The van der Waals surface area contributed by atoms with Crippen LogP contribution in [0.3, 0.4) is 0 Å². The highest BCUT2D eigenvalue weighted by Crippen LogP contribution is 2.17. The van der Waals surface area contributed by atoms with Gasteiger partial charge in [0, 0.05) is 7.05 Å². The van der Waals surface area contributed by atoms with Crippen LogP contribution in [0, 0.1) is 5.92 Å². The quantitative estimate of drug-likeness (QED) is 0.373. The van der Waals surface area contributed by atoms with Crippen molar-refractivity contribution in [2.75, 3.05) is 14.1 Å². The lowest BCUT2D eigenvalue weighted by atomic mass is 9.96. The van der Waals surface area contributed by atoms with Gasteiger partial charge in [0.05, 0.1) is 13.1 Å². The zero-order chi connectivity index (χ0) is 17.5. The maximum atomic E-state index is 12.1. The maximum absolute atomic E-state index is 12.1. The molecule has 0 aromatic heterocycles. The number of rotatable bonds is 2. The number of nitrogens with zero attached hydrogens (tertiary/aromatic N) is 2. The molecule has 1 fully saturated rings. The molecule has 3 N–H and O–H groups in total. The van der Waals surface area contributed by atoms with Gasteiger partial charge in [-0.3, -0.25) is 19.3 Å². The summed E-state index contributed by atoms with van der Waals surface area (Å²) in [4.78, 5) is 50.6. The molecule has 0 aromatic carbocycles. The zero-order valence-electron chi connectivity index (χ0n) is 11.8. The molecule has 0 spiro atoms. The second-order valence-corrected chi connectivity index (χ2v) is 4.72. The number of hydrogen-bond acceptors (Lipinski definition) is 5. The Bertz CT molecular complexity index is 669. The van der Waals surface area contributed by atoms with Crippen LogP contribution < -0.4 is 15.8 Å². The highest BCUT2D eigenvalue weighted by Gasteiger charge is 2.49. The molecule has 23 heavy (non-hydrogen) atoms. The number of carbonyl (C=O) groups is 4. The monoisotopic (exact) mass is 334 g/mol. The summed E-state index contributed by atoms with van der Waals surface area (Å²) >= 11 is 0. The lowest BCUT2D eigenvalue weighted by Crippen LogP contribution is -2.84. The lowest BCUT2D eigenvalue weighted by Gasteiger charge is -2.32. The molecule has 0 aliphatic carbocycles. The number of allylic oxidation sites excluding steroid dienone is 1. The molecule has 9 nitrogen and oxygen atoms in total. The molecule has 1 saturated heterocycles. The highest BCUT2D eigenvalue weighted by atomic mass is 19.4. The number of ketones is 1. The van der Waals surface area contributed by atoms with Crippen molar-refractivity contribution < 1.29 is 37.3 Å². The Kier molecular flexibility index (Phi) is 3.84. The van der Waals surface area contributed by atoms with Crippen molar-refractivity contribution in [3.63, 3.8) is 0 Å². The van der Waals surface area contributed by atoms with Gasteiger partial charge in [-0.2, -0.15) is 13.2 Å². The fraction of sp³-hybridized carbons (Fsp3) is 0.364. The van der Waals surface area contributed by atoms with Crippen LogP contribution in [-0.2, 0) is 14.4 Å². The average molecular weight is 334 g/mol. The molecule has 2 aliphatic heterocycles. The first-order chi connectivity index (χ1) is 10.5. The summed E-state index contributed by atoms with van der Waals surface area (Å²) in [5.41, 5.74) is 3.22. The molecular formula is C11H11F3N5O4+. The van der Waals surface area contributed by atoms with Gasteiger partial charge in [0.15, 0.2) is 11.7 Å². The highest BCUT2D eigenvalue weighted by molar-refractivity contribution is 6.28. The van der Waals surface area contributed by atoms with E-state index in [-0.39, 0.29) is 11.7 Å². The van der Waals surface area contributed by atoms with E-state index in [2.05, 4.69) is 4.99 Å². The number of imide groups is 1. The van der Waals surface area contributed by atoms with Crippen molar-refractivity contribution in [2.24, 2.45) is 5.92 Å². The number of amides is 4. The summed E-state index contributed by atoms with van der Waals surface area (Å²) in [7, 11) is 2.48. The third-order valence-corrected chi connectivity index (χ3v) is 3.19. The molecule has 124 valence electrons. The average Bonchev–Trinajstić information content (AvgIpc) is 2.46. The summed E-state index contributed by atoms with van der Waals surface area (Å²) in [6.07, 6.45) is -4.29. The topological polar surface area (TPSA) is 113 Å². The van der Waals surface area contributed by atoms with Crippen LogP contribution in [0.15, 0.2) is 11.9 Å². The van der Waals surface area contributed by atoms with Crippen LogP contribution in [0.1, 0.15) is 0 Å². The number of halogens is 3. The molecule has 12 heteroatoms. The van der Waals surface area contributed by atoms with Crippen LogP contribution in [-0.4, -0.2) is 59.5 Å². The molecule has 0 saturated carbocycles. The van der Waals surface area contributed by atoms with E-state index in [1.165, 1.54) is 19.5 Å². The first-order valence-corrected chi connectivity index (χ1v) is 6.12. The Morgan fingerprint density at radius 1 is 1.22 bits per heavy atom. The number of hydrogen-bond donors (Lipinski definition) is 3. The van der Waals surface area contributed by atoms with E-state index < -0.39 is 35.7 Å². The molecule has 0 radical (unpaired) electrons. The minimum Gasteiger partial charge on any atom is -0.293 e. The van der Waals surface area contributed by atoms with Gasteiger partial charge < -0.3 is 0 Å². The molecule has 2 rings (SSSR count). The smallest absolute Gasteiger partial charge is 0.293 e. The molecule has 2 aliphatic rings. The van der Waals surface area contributed by atoms with Crippen LogP contribution in [0.4, 0.5) is 18.0 Å². The molecular weight excluding hydrogens is 323 g/mol. The number of alkyl halides is 3. The predicted octanol–water partition coefficient (Wildman–Crippen LogP) is -2.79. The molecule has 4 amide bonds. The van der Waals surface area contributed by atoms with Gasteiger partial charge in [0.25, 0.3) is 5.91 Å². The summed E-state index contributed by atoms with van der Waals surface area (Å²) < 4.78 is 36.3. The van der Waals surface area contributed by atoms with E-state index in [1.807, 2.05) is 5.43 Å². The van der Waals surface area contributed by atoms with Crippen molar-refractivity contribution >= 4 is 29.5 Å². The van der Waals surface area contributed by atoms with Gasteiger partial charge in [-0.1, -0.05) is 0 Å². The number of fused-ring (bicyclic) bond motifs is 1. The van der Waals surface area contributed by atoms with Crippen molar-refractivity contribution in [1.82, 2.24) is 20.7 Å². The minimum atomic E-state index is -5.11. The van der Waals surface area contributed by atoms with Crippen molar-refractivity contribution in [1.29, 1.82) is 0 Å². The van der Waals surface area contributed by atoms with Crippen LogP contribution in [0.25, 0.3) is 0 Å². The van der Waals surface area contributed by atoms with Crippen molar-refractivity contribution in [2.45, 2.75) is 6.18 Å². The number of amidine groups is 1. The number of urea groups is 1. The number of nitrogens with one attached hydrogen (secondary N) is 3. The third kappa shape index (κ3) is 2.86. The standard InChI is InChI=1S/C11H10F3N5O4/c1-18-7-6(8(21)19(2)10(18)23)4(20)3-5(15-7)16-17-9(22)11(12,13)14/h3,6,16H,1-2H3,(H,17,22)/p+1. The lowest BCUT2D eigenvalue weighted by molar-refractivity contribution is -0.416. The Morgan fingerprint density at radius 2 is 1.83 bits per heavy atom. The molecule has 2 heterocycles. The second kappa shape index (κ2) is 5.37. The number of hydrazine groups is 1. The van der Waals surface area contributed by atoms with E-state index in [1.54, 1.807) is 0 Å². The van der Waals surface area contributed by atoms with Gasteiger partial charge in [-0.25, -0.2) is 25.5 Å². The van der Waals surface area contributed by atoms with Crippen LogP contribution >= 0.6 is 0 Å². The Balaban J connectivity index is 2.22. The predicted molar refractivity (Wildman–Crippen MR) is 65.8 cm³/mol. The second-order valence-electron chi connectivity index (χ2n) is 4.72. The largest absolute Gasteiger partial charge is 0.474 e. The van der Waals surface area contributed by atoms with Gasteiger partial charge >= 0.3 is 18.1 Å². The van der Waals surface area contributed by atoms with E-state index >= 15 is 0 Å². The van der Waals surface area contributed by atoms with E-state index in [9.17, 15) is 32.3 Å². The van der Waals surface area contributed by atoms with E-state index in [0.29, 0.717) is 0 Å². The van der Waals surface area contributed by atoms with Gasteiger partial charge in [0.1, 0.15) is 0 Å². The first-order valence-electron chi connectivity index (χ1n) is 6.12. The van der Waals surface area contributed by atoms with Gasteiger partial charge in [-0.05, 0) is 0 Å². The normalized spacial score (nSPS) is 21.6. The van der Waals surface area contributed by atoms with Gasteiger partial charge in [0.2, 0.25) is 11.7 Å². The van der Waals surface area contributed by atoms with E-state index in [0.717, 1.165) is 15.9 Å². The Hall–Kier alpha value is -2.92. The van der Waals surface area contributed by atoms with Crippen LogP contribution in [0.5, 0.6) is 0 Å². The van der Waals surface area contributed by atoms with Crippen molar-refractivity contribution in [3.05, 3.63) is 11.9 Å². The first kappa shape index (κ1) is 16.5.